The zero-order valence-electron chi connectivity index (χ0n) is 17.8. The van der Waals surface area contributed by atoms with Gasteiger partial charge in [0.25, 0.3) is 5.91 Å². The van der Waals surface area contributed by atoms with Gasteiger partial charge in [-0.3, -0.25) is 4.79 Å². The van der Waals surface area contributed by atoms with Crippen LogP contribution in [0.25, 0.3) is 0 Å². The second-order valence-electron chi connectivity index (χ2n) is 7.80. The topological polar surface area (TPSA) is 106 Å². The summed E-state index contributed by atoms with van der Waals surface area (Å²) in [5, 5.41) is 5.75. The maximum Gasteiger partial charge on any atom is 0.280 e. The van der Waals surface area contributed by atoms with Crippen LogP contribution in [0.1, 0.15) is 48.7 Å². The summed E-state index contributed by atoms with van der Waals surface area (Å²) in [5.41, 5.74) is 12.4. The van der Waals surface area contributed by atoms with Crippen molar-refractivity contribution in [1.82, 2.24) is 10.6 Å². The molecule has 0 aliphatic rings. The molecule has 0 saturated carbocycles. The minimum Gasteiger partial charge on any atom is -0.356 e. The summed E-state index contributed by atoms with van der Waals surface area (Å²) in [6.45, 7) is 4.58. The van der Waals surface area contributed by atoms with Gasteiger partial charge in [0.2, 0.25) is 5.96 Å². The largest absolute Gasteiger partial charge is 0.356 e. The molecule has 10 heteroatoms. The Hall–Kier alpha value is -2.62. The highest BCUT2D eigenvalue weighted by Crippen LogP contribution is 2.18. The smallest absolute Gasteiger partial charge is 0.280 e. The van der Waals surface area contributed by atoms with Crippen LogP contribution in [0.4, 0.5) is 13.2 Å². The van der Waals surface area contributed by atoms with Crippen LogP contribution in [0.15, 0.2) is 41.4 Å². The van der Waals surface area contributed by atoms with E-state index < -0.39 is 35.6 Å². The fraction of sp³-hybridized carbons (Fsp3) is 0.364. The third-order valence-corrected chi connectivity index (χ3v) is 4.84. The van der Waals surface area contributed by atoms with E-state index in [1.54, 1.807) is 0 Å². The molecule has 6 N–H and O–H groups in total. The summed E-state index contributed by atoms with van der Waals surface area (Å²) in [4.78, 5) is 16.5. The lowest BCUT2D eigenvalue weighted by molar-refractivity contribution is 0.100. The highest BCUT2D eigenvalue weighted by atomic mass is 35.5. The van der Waals surface area contributed by atoms with E-state index in [4.69, 9.17) is 23.1 Å². The Kier molecular flexibility index (Phi) is 9.49. The van der Waals surface area contributed by atoms with Gasteiger partial charge in [-0.05, 0) is 54.7 Å². The molecule has 0 bridgehead atoms. The molecule has 0 radical (unpaired) electrons. The number of aliphatic imine (C=N–C) groups is 1. The quantitative estimate of drug-likeness (QED) is 0.267. The van der Waals surface area contributed by atoms with E-state index in [0.29, 0.717) is 12.5 Å². The Bertz CT molecular complexity index is 950. The first-order valence-electron chi connectivity index (χ1n) is 10.1. The van der Waals surface area contributed by atoms with E-state index >= 15 is 0 Å². The fourth-order valence-corrected chi connectivity index (χ4v) is 2.95. The van der Waals surface area contributed by atoms with Crippen molar-refractivity contribution in [3.63, 3.8) is 0 Å². The van der Waals surface area contributed by atoms with Crippen molar-refractivity contribution in [3.05, 3.63) is 70.0 Å². The molecule has 32 heavy (non-hydrogen) atoms. The molecular weight excluding hydrogens is 443 g/mol. The van der Waals surface area contributed by atoms with Crippen LogP contribution < -0.4 is 22.1 Å². The van der Waals surface area contributed by atoms with E-state index in [0.717, 1.165) is 30.7 Å². The second-order valence-corrected chi connectivity index (χ2v) is 8.21. The summed E-state index contributed by atoms with van der Waals surface area (Å²) in [6.07, 6.45) is 0.0932. The van der Waals surface area contributed by atoms with Crippen molar-refractivity contribution in [2.45, 2.75) is 38.9 Å². The Morgan fingerprint density at radius 2 is 1.75 bits per heavy atom. The Labute approximate surface area is 190 Å². The number of carbonyl (C=O) groups excluding carboxylic acids is 1. The number of hydrogen-bond donors (Lipinski definition) is 4. The molecule has 2 aromatic rings. The molecule has 6 nitrogen and oxygen atoms in total. The van der Waals surface area contributed by atoms with E-state index in [9.17, 15) is 18.0 Å². The lowest BCUT2D eigenvalue weighted by Crippen LogP contribution is -2.49. The molecule has 174 valence electrons. The van der Waals surface area contributed by atoms with E-state index in [1.165, 1.54) is 12.1 Å². The zero-order valence-corrected chi connectivity index (χ0v) is 18.6. The molecule has 2 rings (SSSR count). The standard InChI is InChI=1S/C22H27ClF3N5O/c1-12(2)5-6-29-22(31-21(32)13-3-4-17(23)18(26)9-13)30-20(28)11-19(27)14-7-15(24)10-16(25)8-14/h3-4,7-10,12,19-20H,5-6,11,27-28H2,1-2H3,(H2,29,30,31,32). The second kappa shape index (κ2) is 11.8. The maximum atomic E-state index is 13.7. The lowest BCUT2D eigenvalue weighted by atomic mass is 10.0. The van der Waals surface area contributed by atoms with Gasteiger partial charge in [0.1, 0.15) is 17.5 Å². The fourth-order valence-electron chi connectivity index (χ4n) is 2.83. The van der Waals surface area contributed by atoms with Crippen molar-refractivity contribution in [2.24, 2.45) is 22.4 Å². The number of nitrogens with zero attached hydrogens (tertiary/aromatic N) is 1. The van der Waals surface area contributed by atoms with Gasteiger partial charge in [-0.2, -0.15) is 4.99 Å². The first-order chi connectivity index (χ1) is 15.0. The Balaban J connectivity index is 2.13. The third kappa shape index (κ3) is 8.14. The molecule has 0 spiro atoms. The van der Waals surface area contributed by atoms with Crippen LogP contribution in [0, 0.1) is 23.4 Å². The number of benzene rings is 2. The van der Waals surface area contributed by atoms with Crippen LogP contribution in [0.5, 0.6) is 0 Å². The van der Waals surface area contributed by atoms with E-state index in [-0.39, 0.29) is 28.5 Å². The van der Waals surface area contributed by atoms with Gasteiger partial charge in [0.05, 0.1) is 11.2 Å². The molecule has 2 unspecified atom stereocenters. The first-order valence-corrected chi connectivity index (χ1v) is 10.5. The highest BCUT2D eigenvalue weighted by molar-refractivity contribution is 6.30. The van der Waals surface area contributed by atoms with Crippen LogP contribution in [0.2, 0.25) is 5.02 Å². The average molecular weight is 470 g/mol. The normalized spacial score (nSPS) is 13.7. The predicted molar refractivity (Wildman–Crippen MR) is 120 cm³/mol. The molecular formula is C22H27ClF3N5O. The van der Waals surface area contributed by atoms with Gasteiger partial charge in [0, 0.05) is 24.2 Å². The molecule has 0 saturated heterocycles. The highest BCUT2D eigenvalue weighted by Gasteiger charge is 2.16. The maximum absolute atomic E-state index is 13.7. The molecule has 0 aliphatic heterocycles. The molecule has 0 aromatic heterocycles. The van der Waals surface area contributed by atoms with Crippen molar-refractivity contribution < 1.29 is 18.0 Å². The van der Waals surface area contributed by atoms with Gasteiger partial charge >= 0.3 is 0 Å². The molecule has 0 heterocycles. The monoisotopic (exact) mass is 469 g/mol. The number of hydrogen-bond acceptors (Lipinski definition) is 3. The summed E-state index contributed by atoms with van der Waals surface area (Å²) in [7, 11) is 0. The van der Waals surface area contributed by atoms with Crippen LogP contribution in [0.3, 0.4) is 0 Å². The summed E-state index contributed by atoms with van der Waals surface area (Å²) >= 11 is 5.65. The SMILES string of the molecule is CC(C)CCN/C(=N/C(=O)c1ccc(Cl)c(F)c1)NC(N)CC(N)c1cc(F)cc(F)c1. The van der Waals surface area contributed by atoms with Crippen LogP contribution >= 0.6 is 11.6 Å². The zero-order chi connectivity index (χ0) is 23.8. The average Bonchev–Trinajstić information content (AvgIpc) is 2.68. The number of carbonyl (C=O) groups is 1. The number of nitrogens with two attached hydrogens (primary N) is 2. The number of guanidine groups is 1. The van der Waals surface area contributed by atoms with Crippen molar-refractivity contribution in [1.29, 1.82) is 0 Å². The number of rotatable bonds is 8. The van der Waals surface area contributed by atoms with Crippen LogP contribution in [-0.2, 0) is 0 Å². The Morgan fingerprint density at radius 1 is 1.09 bits per heavy atom. The Morgan fingerprint density at radius 3 is 2.34 bits per heavy atom. The summed E-state index contributed by atoms with van der Waals surface area (Å²) in [6, 6.07) is 5.88. The molecule has 1 amide bonds. The van der Waals surface area contributed by atoms with Gasteiger partial charge in [-0.25, -0.2) is 13.2 Å². The summed E-state index contributed by atoms with van der Waals surface area (Å²) in [5.74, 6) is -2.44. The lowest BCUT2D eigenvalue weighted by Gasteiger charge is -2.21. The summed E-state index contributed by atoms with van der Waals surface area (Å²) < 4.78 is 40.6. The van der Waals surface area contributed by atoms with E-state index in [2.05, 4.69) is 15.6 Å². The van der Waals surface area contributed by atoms with Gasteiger partial charge in [-0.1, -0.05) is 25.4 Å². The van der Waals surface area contributed by atoms with E-state index in [1.807, 2.05) is 13.8 Å². The van der Waals surface area contributed by atoms with Gasteiger partial charge < -0.3 is 22.1 Å². The molecule has 0 fully saturated rings. The minimum absolute atomic E-state index is 0.0115. The third-order valence-electron chi connectivity index (χ3n) is 4.54. The minimum atomic E-state index is -0.795. The van der Waals surface area contributed by atoms with Crippen molar-refractivity contribution >= 4 is 23.5 Å². The van der Waals surface area contributed by atoms with Gasteiger partial charge in [-0.15, -0.1) is 0 Å². The van der Waals surface area contributed by atoms with Crippen molar-refractivity contribution in [2.75, 3.05) is 6.54 Å². The number of nitrogens with one attached hydrogen (secondary N) is 2. The van der Waals surface area contributed by atoms with Crippen LogP contribution in [-0.4, -0.2) is 24.6 Å². The number of amides is 1. The molecule has 0 aliphatic carbocycles. The first kappa shape index (κ1) is 25.6. The number of halogens is 4. The predicted octanol–water partition coefficient (Wildman–Crippen LogP) is 3.85. The van der Waals surface area contributed by atoms with Gasteiger partial charge in [0.15, 0.2) is 0 Å². The molecule has 2 atom stereocenters. The molecule has 2 aromatic carbocycles. The van der Waals surface area contributed by atoms with Crippen molar-refractivity contribution in [3.8, 4) is 0 Å².